The van der Waals surface area contributed by atoms with Crippen LogP contribution in [0.15, 0.2) is 83.6 Å². The minimum absolute atomic E-state index is 0.0156. The minimum Gasteiger partial charge on any atom is -0.530 e. The smallest absolute Gasteiger partial charge is 0.316 e. The molecule has 2 unspecified atom stereocenters. The van der Waals surface area contributed by atoms with Gasteiger partial charge < -0.3 is 28.8 Å². The Labute approximate surface area is 240 Å². The van der Waals surface area contributed by atoms with Gasteiger partial charge in [-0.1, -0.05) is 65.3 Å². The van der Waals surface area contributed by atoms with E-state index in [1.165, 1.54) is 4.90 Å². The van der Waals surface area contributed by atoms with Crippen molar-refractivity contribution in [3.05, 3.63) is 101 Å². The highest BCUT2D eigenvalue weighted by molar-refractivity contribution is 6.33. The highest BCUT2D eigenvalue weighted by Crippen LogP contribution is 2.31. The number of fused-ring (bicyclic) bond motifs is 1. The zero-order chi connectivity index (χ0) is 28.2. The van der Waals surface area contributed by atoms with Gasteiger partial charge in [0, 0.05) is 37.0 Å². The van der Waals surface area contributed by atoms with Crippen molar-refractivity contribution in [2.24, 2.45) is 0 Å². The van der Waals surface area contributed by atoms with Crippen LogP contribution < -0.4 is 9.84 Å². The fraction of sp³-hybridized carbons (Fsp3) is 0.233. The summed E-state index contributed by atoms with van der Waals surface area (Å²) in [6.45, 7) is 0.864. The highest BCUT2D eigenvalue weighted by Gasteiger charge is 2.32. The fourth-order valence-corrected chi connectivity index (χ4v) is 5.17. The third-order valence-corrected chi connectivity index (χ3v) is 7.41. The zero-order valence-corrected chi connectivity index (χ0v) is 22.6. The largest absolute Gasteiger partial charge is 0.530 e. The number of amides is 1. The van der Waals surface area contributed by atoms with Crippen LogP contribution in [-0.4, -0.2) is 50.3 Å². The molecule has 3 aromatic carbocycles. The molecule has 0 N–H and O–H groups in total. The van der Waals surface area contributed by atoms with Gasteiger partial charge in [-0.15, -0.1) is 0 Å². The predicted molar refractivity (Wildman–Crippen MR) is 148 cm³/mol. The Morgan fingerprint density at radius 2 is 1.80 bits per heavy atom. The summed E-state index contributed by atoms with van der Waals surface area (Å²) in [6, 6.07) is 21.6. The molecule has 0 radical (unpaired) electrons. The average Bonchev–Trinajstić information content (AvgIpc) is 3.48. The molecular formula is C30H25ClN5O5-. The molecule has 6 rings (SSSR count). The first kappa shape index (κ1) is 26.7. The summed E-state index contributed by atoms with van der Waals surface area (Å²) in [7, 11) is 0. The first-order valence-electron chi connectivity index (χ1n) is 13.1. The monoisotopic (exact) mass is 570 g/mol. The van der Waals surface area contributed by atoms with Crippen LogP contribution in [0, 0.1) is 0 Å². The van der Waals surface area contributed by atoms with Gasteiger partial charge in [0.2, 0.25) is 5.82 Å². The minimum atomic E-state index is -1.21. The number of carbonyl (C=O) groups is 1. The summed E-state index contributed by atoms with van der Waals surface area (Å²) in [5.74, 6) is 0.515. The van der Waals surface area contributed by atoms with Crippen molar-refractivity contribution in [1.29, 1.82) is 0 Å². The Morgan fingerprint density at radius 3 is 2.61 bits per heavy atom. The Bertz CT molecular complexity index is 1660. The number of carboxylic acid groups (broad SMARTS) is 1. The molecule has 1 aliphatic rings. The molecule has 0 bridgehead atoms. The third kappa shape index (κ3) is 6.13. The van der Waals surface area contributed by atoms with Crippen LogP contribution in [0.5, 0.6) is 6.01 Å². The molecule has 10 nitrogen and oxygen atoms in total. The normalized spacial score (nSPS) is 17.0. The number of halogens is 1. The van der Waals surface area contributed by atoms with E-state index in [0.717, 1.165) is 21.9 Å². The molecular weight excluding hydrogens is 546 g/mol. The van der Waals surface area contributed by atoms with Crippen molar-refractivity contribution < 1.29 is 23.9 Å². The number of likely N-dealkylation sites (tertiary alicyclic amines) is 1. The first-order valence-corrected chi connectivity index (χ1v) is 13.5. The van der Waals surface area contributed by atoms with E-state index < -0.39 is 12.2 Å². The second-order valence-corrected chi connectivity index (χ2v) is 10.1. The predicted octanol–water partition coefficient (Wildman–Crippen LogP) is 4.63. The van der Waals surface area contributed by atoms with E-state index in [2.05, 4.69) is 44.4 Å². The lowest BCUT2D eigenvalue weighted by atomic mass is 9.88. The first-order chi connectivity index (χ1) is 20.0. The molecule has 1 aliphatic heterocycles. The number of piperidine rings is 1. The molecule has 11 heteroatoms. The van der Waals surface area contributed by atoms with Gasteiger partial charge in [0.1, 0.15) is 6.09 Å². The van der Waals surface area contributed by atoms with Gasteiger partial charge in [-0.3, -0.25) is 0 Å². The van der Waals surface area contributed by atoms with Gasteiger partial charge in [-0.2, -0.15) is 4.98 Å². The average molecular weight is 571 g/mol. The molecule has 2 atom stereocenters. The molecule has 208 valence electrons. The lowest BCUT2D eigenvalue weighted by Crippen LogP contribution is -2.51. The van der Waals surface area contributed by atoms with Crippen molar-refractivity contribution in [2.75, 3.05) is 13.1 Å². The maximum Gasteiger partial charge on any atom is 0.316 e. The van der Waals surface area contributed by atoms with Crippen molar-refractivity contribution in [2.45, 2.75) is 31.7 Å². The van der Waals surface area contributed by atoms with Crippen LogP contribution in [0.3, 0.4) is 0 Å². The Morgan fingerprint density at radius 1 is 1.02 bits per heavy atom. The number of hydrogen-bond acceptors (Lipinski definition) is 9. The quantitative estimate of drug-likeness (QED) is 0.262. The molecule has 2 aromatic heterocycles. The van der Waals surface area contributed by atoms with Crippen LogP contribution in [0.1, 0.15) is 29.4 Å². The molecule has 0 aliphatic carbocycles. The SMILES string of the molecule is O=C([O-])N1CCC(c2cnc(OCc3nc(-c4ccccc4Cl)no3)nc2)C(OCc2ccc3ccccc3c2)C1. The number of nitrogens with zero attached hydrogens (tertiary/aromatic N) is 5. The number of rotatable bonds is 8. The molecule has 1 amide bonds. The molecule has 5 aromatic rings. The Hall–Kier alpha value is -4.54. The molecule has 1 saturated heterocycles. The topological polar surface area (TPSA) is 127 Å². The number of benzene rings is 3. The van der Waals surface area contributed by atoms with Crippen LogP contribution in [0.25, 0.3) is 22.2 Å². The van der Waals surface area contributed by atoms with Gasteiger partial charge in [-0.25, -0.2) is 9.97 Å². The van der Waals surface area contributed by atoms with Crippen molar-refractivity contribution in [3.63, 3.8) is 0 Å². The number of carbonyl (C=O) groups excluding carboxylic acids is 1. The van der Waals surface area contributed by atoms with E-state index in [1.807, 2.05) is 30.3 Å². The summed E-state index contributed by atoms with van der Waals surface area (Å²) < 4.78 is 17.2. The van der Waals surface area contributed by atoms with Crippen LogP contribution >= 0.6 is 11.6 Å². The number of aromatic nitrogens is 4. The van der Waals surface area contributed by atoms with Crippen LogP contribution in [0.2, 0.25) is 5.02 Å². The van der Waals surface area contributed by atoms with E-state index in [1.54, 1.807) is 24.5 Å². The number of ether oxygens (including phenoxy) is 2. The standard InChI is InChI=1S/C30H26ClN5O5/c31-25-8-4-3-7-24(25)28-34-27(41-35-28)18-40-29-32-14-22(15-33-29)23-11-12-36(30(37)38)16-26(23)39-17-19-9-10-20-5-1-2-6-21(20)13-19/h1-10,13-15,23,26H,11-12,16-18H2,(H,37,38)/p-1. The van der Waals surface area contributed by atoms with Crippen molar-refractivity contribution >= 4 is 28.5 Å². The van der Waals surface area contributed by atoms with E-state index in [0.29, 0.717) is 36.0 Å². The van der Waals surface area contributed by atoms with Gasteiger partial charge in [0.05, 0.1) is 17.7 Å². The molecule has 1 fully saturated rings. The maximum atomic E-state index is 11.6. The zero-order valence-electron chi connectivity index (χ0n) is 21.9. The summed E-state index contributed by atoms with van der Waals surface area (Å²) in [5.41, 5.74) is 2.50. The Balaban J connectivity index is 1.11. The summed E-state index contributed by atoms with van der Waals surface area (Å²) in [5, 5.41) is 18.3. The third-order valence-electron chi connectivity index (χ3n) is 7.08. The Kier molecular flexibility index (Phi) is 7.75. The maximum absolute atomic E-state index is 11.6. The summed E-state index contributed by atoms with van der Waals surface area (Å²) in [4.78, 5) is 25.9. The van der Waals surface area contributed by atoms with E-state index in [9.17, 15) is 9.90 Å². The van der Waals surface area contributed by atoms with Gasteiger partial charge in [0.15, 0.2) is 6.61 Å². The van der Waals surface area contributed by atoms with Crippen LogP contribution in [-0.2, 0) is 18.0 Å². The second kappa shape index (κ2) is 11.9. The van der Waals surface area contributed by atoms with Crippen LogP contribution in [0.4, 0.5) is 4.79 Å². The lowest BCUT2D eigenvalue weighted by Gasteiger charge is -2.39. The van der Waals surface area contributed by atoms with Crippen molar-refractivity contribution in [3.8, 4) is 17.4 Å². The molecule has 0 saturated carbocycles. The number of hydrogen-bond donors (Lipinski definition) is 0. The fourth-order valence-electron chi connectivity index (χ4n) is 4.95. The van der Waals surface area contributed by atoms with Gasteiger partial charge >= 0.3 is 6.01 Å². The lowest BCUT2D eigenvalue weighted by molar-refractivity contribution is -0.268. The molecule has 0 spiro atoms. The van der Waals surface area contributed by atoms with E-state index in [4.69, 9.17) is 25.6 Å². The second-order valence-electron chi connectivity index (χ2n) is 9.72. The molecule has 3 heterocycles. The van der Waals surface area contributed by atoms with E-state index >= 15 is 0 Å². The van der Waals surface area contributed by atoms with Gasteiger partial charge in [0.25, 0.3) is 5.89 Å². The van der Waals surface area contributed by atoms with Gasteiger partial charge in [-0.05, 0) is 46.5 Å². The highest BCUT2D eigenvalue weighted by atomic mass is 35.5. The van der Waals surface area contributed by atoms with Crippen molar-refractivity contribution in [1.82, 2.24) is 25.0 Å². The van der Waals surface area contributed by atoms with E-state index in [-0.39, 0.29) is 31.0 Å². The molecule has 41 heavy (non-hydrogen) atoms. The summed E-state index contributed by atoms with van der Waals surface area (Å²) >= 11 is 6.21. The summed E-state index contributed by atoms with van der Waals surface area (Å²) in [6.07, 6.45) is 2.30.